The first-order chi connectivity index (χ1) is 11.7. The van der Waals surface area contributed by atoms with Gasteiger partial charge in [-0.1, -0.05) is 0 Å². The van der Waals surface area contributed by atoms with Crippen molar-refractivity contribution < 1.29 is 4.74 Å². The fourth-order valence-corrected chi connectivity index (χ4v) is 2.74. The Morgan fingerprint density at radius 3 is 3.00 bits per heavy atom. The van der Waals surface area contributed by atoms with Crippen molar-refractivity contribution in [3.8, 4) is 5.88 Å². The van der Waals surface area contributed by atoms with E-state index in [0.29, 0.717) is 18.5 Å². The molecule has 1 saturated carbocycles. The van der Waals surface area contributed by atoms with Crippen molar-refractivity contribution in [2.45, 2.75) is 38.8 Å². The lowest BCUT2D eigenvalue weighted by atomic mass is 9.96. The van der Waals surface area contributed by atoms with Gasteiger partial charge in [-0.2, -0.15) is 5.10 Å². The predicted octanol–water partition coefficient (Wildman–Crippen LogP) is 2.61. The third-order valence-electron chi connectivity index (χ3n) is 4.30. The molecule has 0 bridgehead atoms. The van der Waals surface area contributed by atoms with E-state index in [4.69, 9.17) is 4.74 Å². The quantitative estimate of drug-likeness (QED) is 0.777. The molecule has 0 unspecified atom stereocenters. The Bertz CT molecular complexity index is 871. The molecule has 1 N–H and O–H groups in total. The second kappa shape index (κ2) is 6.07. The molecule has 3 aromatic rings. The number of pyridine rings is 1. The maximum Gasteiger partial charge on any atom is 0.213 e. The standard InChI is InChI=1S/C17H20N6O/c1-11-21-16(14-10-20-23(2)17(14)22-11)19-9-12-6-7-18-15(8-12)24-13-4-3-5-13/h6-8,10,13H,3-5,9H2,1-2H3,(H,19,21,22). The van der Waals surface area contributed by atoms with Crippen molar-refractivity contribution in [2.24, 2.45) is 7.05 Å². The van der Waals surface area contributed by atoms with E-state index in [1.165, 1.54) is 6.42 Å². The molecule has 4 rings (SSSR count). The maximum atomic E-state index is 5.86. The second-order valence-corrected chi connectivity index (χ2v) is 6.15. The zero-order valence-corrected chi connectivity index (χ0v) is 13.9. The summed E-state index contributed by atoms with van der Waals surface area (Å²) in [5.74, 6) is 2.21. The maximum absolute atomic E-state index is 5.86. The molecule has 3 aromatic heterocycles. The molecule has 0 spiro atoms. The molecule has 7 nitrogen and oxygen atoms in total. The molecule has 1 aliphatic rings. The minimum atomic E-state index is 0.334. The normalized spacial score (nSPS) is 14.6. The molecule has 1 fully saturated rings. The molecular weight excluding hydrogens is 304 g/mol. The first-order valence-electron chi connectivity index (χ1n) is 8.21. The van der Waals surface area contributed by atoms with Crippen LogP contribution in [0.4, 0.5) is 5.82 Å². The largest absolute Gasteiger partial charge is 0.474 e. The van der Waals surface area contributed by atoms with Crippen LogP contribution >= 0.6 is 0 Å². The van der Waals surface area contributed by atoms with Gasteiger partial charge in [0.1, 0.15) is 17.7 Å². The highest BCUT2D eigenvalue weighted by Gasteiger charge is 2.19. The highest BCUT2D eigenvalue weighted by molar-refractivity contribution is 5.86. The fraction of sp³-hybridized carbons (Fsp3) is 0.412. The van der Waals surface area contributed by atoms with Crippen LogP contribution < -0.4 is 10.1 Å². The van der Waals surface area contributed by atoms with E-state index in [0.717, 1.165) is 41.1 Å². The molecule has 124 valence electrons. The van der Waals surface area contributed by atoms with Crippen LogP contribution in [0.15, 0.2) is 24.5 Å². The van der Waals surface area contributed by atoms with Gasteiger partial charge in [-0.25, -0.2) is 15.0 Å². The van der Waals surface area contributed by atoms with Crippen molar-refractivity contribution in [2.75, 3.05) is 5.32 Å². The first kappa shape index (κ1) is 14.9. The molecule has 0 atom stereocenters. The van der Waals surface area contributed by atoms with E-state index in [1.807, 2.05) is 26.1 Å². The number of fused-ring (bicyclic) bond motifs is 1. The Hall–Kier alpha value is -2.70. The van der Waals surface area contributed by atoms with Gasteiger partial charge in [0.2, 0.25) is 5.88 Å². The molecule has 0 radical (unpaired) electrons. The van der Waals surface area contributed by atoms with Crippen LogP contribution in [0.2, 0.25) is 0 Å². The van der Waals surface area contributed by atoms with Crippen LogP contribution in [0.5, 0.6) is 5.88 Å². The Kier molecular flexibility index (Phi) is 3.76. The Labute approximate surface area is 140 Å². The summed E-state index contributed by atoms with van der Waals surface area (Å²) < 4.78 is 7.61. The third kappa shape index (κ3) is 2.89. The summed E-state index contributed by atoms with van der Waals surface area (Å²) in [4.78, 5) is 13.2. The van der Waals surface area contributed by atoms with Crippen molar-refractivity contribution >= 4 is 16.9 Å². The first-order valence-corrected chi connectivity index (χ1v) is 8.21. The highest BCUT2D eigenvalue weighted by atomic mass is 16.5. The topological polar surface area (TPSA) is 77.8 Å². The van der Waals surface area contributed by atoms with Gasteiger partial charge in [0.25, 0.3) is 0 Å². The summed E-state index contributed by atoms with van der Waals surface area (Å²) in [6.45, 7) is 2.53. The summed E-state index contributed by atoms with van der Waals surface area (Å²) in [7, 11) is 1.88. The van der Waals surface area contributed by atoms with Gasteiger partial charge in [0.05, 0.1) is 11.6 Å². The summed E-state index contributed by atoms with van der Waals surface area (Å²) in [6.07, 6.45) is 7.41. The number of ether oxygens (including phenoxy) is 1. The van der Waals surface area contributed by atoms with E-state index in [1.54, 1.807) is 17.1 Å². The Morgan fingerprint density at radius 1 is 1.33 bits per heavy atom. The number of nitrogens with zero attached hydrogens (tertiary/aromatic N) is 5. The lowest BCUT2D eigenvalue weighted by molar-refractivity contribution is 0.114. The molecule has 0 saturated heterocycles. The number of hydrogen-bond donors (Lipinski definition) is 1. The van der Waals surface area contributed by atoms with Gasteiger partial charge in [0.15, 0.2) is 5.65 Å². The molecule has 3 heterocycles. The van der Waals surface area contributed by atoms with E-state index in [2.05, 4.69) is 25.4 Å². The fourth-order valence-electron chi connectivity index (χ4n) is 2.74. The number of rotatable bonds is 5. The smallest absolute Gasteiger partial charge is 0.213 e. The highest BCUT2D eigenvalue weighted by Crippen LogP contribution is 2.25. The van der Waals surface area contributed by atoms with Gasteiger partial charge < -0.3 is 10.1 Å². The van der Waals surface area contributed by atoms with Crippen LogP contribution in [0.1, 0.15) is 30.7 Å². The zero-order valence-electron chi connectivity index (χ0n) is 13.9. The van der Waals surface area contributed by atoms with Gasteiger partial charge in [-0.05, 0) is 37.8 Å². The van der Waals surface area contributed by atoms with Crippen molar-refractivity contribution in [3.05, 3.63) is 35.9 Å². The Balaban J connectivity index is 1.51. The number of anilines is 1. The van der Waals surface area contributed by atoms with Crippen molar-refractivity contribution in [1.29, 1.82) is 0 Å². The zero-order chi connectivity index (χ0) is 16.5. The SMILES string of the molecule is Cc1nc(NCc2ccnc(OC3CCC3)c2)c2cnn(C)c2n1. The van der Waals surface area contributed by atoms with Crippen LogP contribution in [0, 0.1) is 6.92 Å². The van der Waals surface area contributed by atoms with Gasteiger partial charge in [-0.3, -0.25) is 4.68 Å². The number of nitrogens with one attached hydrogen (secondary N) is 1. The minimum absolute atomic E-state index is 0.334. The number of aryl methyl sites for hydroxylation is 2. The van der Waals surface area contributed by atoms with E-state index >= 15 is 0 Å². The monoisotopic (exact) mass is 324 g/mol. The average molecular weight is 324 g/mol. The summed E-state index contributed by atoms with van der Waals surface area (Å²) >= 11 is 0. The number of hydrogen-bond acceptors (Lipinski definition) is 6. The van der Waals surface area contributed by atoms with Crippen LogP contribution in [0.25, 0.3) is 11.0 Å². The molecule has 7 heteroatoms. The number of aromatic nitrogens is 5. The molecule has 0 aromatic carbocycles. The van der Waals surface area contributed by atoms with Crippen molar-refractivity contribution in [3.63, 3.8) is 0 Å². The molecular formula is C17H20N6O. The van der Waals surface area contributed by atoms with Gasteiger partial charge in [0, 0.05) is 25.9 Å². The lowest BCUT2D eigenvalue weighted by Crippen LogP contribution is -2.25. The second-order valence-electron chi connectivity index (χ2n) is 6.15. The van der Waals surface area contributed by atoms with Crippen LogP contribution in [-0.2, 0) is 13.6 Å². The van der Waals surface area contributed by atoms with E-state index < -0.39 is 0 Å². The molecule has 1 aliphatic carbocycles. The van der Waals surface area contributed by atoms with E-state index in [9.17, 15) is 0 Å². The average Bonchev–Trinajstić information content (AvgIpc) is 2.90. The van der Waals surface area contributed by atoms with Gasteiger partial charge >= 0.3 is 0 Å². The molecule has 24 heavy (non-hydrogen) atoms. The summed E-state index contributed by atoms with van der Waals surface area (Å²) in [5.41, 5.74) is 1.93. The third-order valence-corrected chi connectivity index (χ3v) is 4.30. The summed E-state index contributed by atoms with van der Waals surface area (Å²) in [5, 5.41) is 8.56. The minimum Gasteiger partial charge on any atom is -0.474 e. The lowest BCUT2D eigenvalue weighted by Gasteiger charge is -2.25. The molecule has 0 aliphatic heterocycles. The molecule has 0 amide bonds. The summed E-state index contributed by atoms with van der Waals surface area (Å²) in [6, 6.07) is 3.97. The van der Waals surface area contributed by atoms with Crippen LogP contribution in [-0.4, -0.2) is 30.8 Å². The Morgan fingerprint density at radius 2 is 2.21 bits per heavy atom. The van der Waals surface area contributed by atoms with Crippen LogP contribution in [0.3, 0.4) is 0 Å². The van der Waals surface area contributed by atoms with Crippen molar-refractivity contribution in [1.82, 2.24) is 24.7 Å². The van der Waals surface area contributed by atoms with E-state index in [-0.39, 0.29) is 0 Å². The predicted molar refractivity (Wildman–Crippen MR) is 90.9 cm³/mol. The van der Waals surface area contributed by atoms with Gasteiger partial charge in [-0.15, -0.1) is 0 Å².